The molecule has 1 amide bonds. The zero-order valence-electron chi connectivity index (χ0n) is 9.46. The highest BCUT2D eigenvalue weighted by atomic mass is 32.1. The fourth-order valence-corrected chi connectivity index (χ4v) is 2.09. The van der Waals surface area contributed by atoms with Gasteiger partial charge in [0, 0.05) is 12.4 Å². The lowest BCUT2D eigenvalue weighted by Gasteiger charge is -2.14. The van der Waals surface area contributed by atoms with Crippen molar-refractivity contribution >= 4 is 29.2 Å². The molecule has 94 valence electrons. The predicted molar refractivity (Wildman–Crippen MR) is 66.1 cm³/mol. The summed E-state index contributed by atoms with van der Waals surface area (Å²) in [7, 11) is 0. The highest BCUT2D eigenvalue weighted by Gasteiger charge is 2.35. The first-order chi connectivity index (χ1) is 8.58. The van der Waals surface area contributed by atoms with Gasteiger partial charge in [-0.2, -0.15) is 0 Å². The first kappa shape index (κ1) is 12.5. The van der Waals surface area contributed by atoms with Crippen LogP contribution in [-0.2, 0) is 16.1 Å². The summed E-state index contributed by atoms with van der Waals surface area (Å²) >= 11 is 5.03. The van der Waals surface area contributed by atoms with Crippen molar-refractivity contribution in [2.75, 3.05) is 0 Å². The molecule has 0 aliphatic carbocycles. The van der Waals surface area contributed by atoms with E-state index in [9.17, 15) is 14.7 Å². The Hall–Kier alpha value is -1.95. The van der Waals surface area contributed by atoms with E-state index in [4.69, 9.17) is 12.2 Å². The number of hydrogen-bond acceptors (Lipinski definition) is 4. The van der Waals surface area contributed by atoms with Gasteiger partial charge in [-0.1, -0.05) is 30.3 Å². The highest BCUT2D eigenvalue weighted by Crippen LogP contribution is 2.13. The van der Waals surface area contributed by atoms with Gasteiger partial charge in [-0.15, -0.1) is 0 Å². The molecule has 0 bridgehead atoms. The quantitative estimate of drug-likeness (QED) is 0.735. The fourth-order valence-electron chi connectivity index (χ4n) is 1.80. The maximum Gasteiger partial charge on any atom is 0.251 e. The third-order valence-electron chi connectivity index (χ3n) is 2.66. The summed E-state index contributed by atoms with van der Waals surface area (Å²) in [5, 5.41) is 13.5. The summed E-state index contributed by atoms with van der Waals surface area (Å²) in [5.41, 5.74) is 0.934. The lowest BCUT2D eigenvalue weighted by atomic mass is 10.2. The number of carbonyl (C=O) groups is 2. The molecule has 0 radical (unpaired) electrons. The largest absolute Gasteiger partial charge is 0.550 e. The van der Waals surface area contributed by atoms with E-state index in [1.807, 2.05) is 30.3 Å². The second-order valence-corrected chi connectivity index (χ2v) is 4.37. The van der Waals surface area contributed by atoms with Crippen molar-refractivity contribution in [2.24, 2.45) is 0 Å². The molecular formula is C12H11N2O3S-. The van der Waals surface area contributed by atoms with Gasteiger partial charge >= 0.3 is 0 Å². The molecule has 1 aromatic rings. The van der Waals surface area contributed by atoms with Crippen LogP contribution in [-0.4, -0.2) is 27.9 Å². The number of benzene rings is 1. The molecule has 1 aliphatic heterocycles. The number of aliphatic carboxylic acids is 1. The second-order valence-electron chi connectivity index (χ2n) is 3.99. The summed E-state index contributed by atoms with van der Waals surface area (Å²) in [6.45, 7) is 0.342. The Morgan fingerprint density at radius 3 is 2.67 bits per heavy atom. The maximum absolute atomic E-state index is 11.9. The standard InChI is InChI=1S/C12H12N2O3S/c15-10(16)6-9-11(17)14(12(18)13-9)7-8-4-2-1-3-5-8/h1-5,9H,6-7H2,(H,13,18)(H,15,16)/p-1/t9-/m1/s1. The predicted octanol–water partition coefficient (Wildman–Crippen LogP) is -0.588. The first-order valence-corrected chi connectivity index (χ1v) is 5.84. The van der Waals surface area contributed by atoms with E-state index in [1.165, 1.54) is 4.90 Å². The smallest absolute Gasteiger partial charge is 0.251 e. The topological polar surface area (TPSA) is 72.5 Å². The molecule has 1 atom stereocenters. The Balaban J connectivity index is 2.08. The average molecular weight is 263 g/mol. The molecule has 1 saturated heterocycles. The Kier molecular flexibility index (Phi) is 3.57. The summed E-state index contributed by atoms with van der Waals surface area (Å²) in [6.07, 6.45) is -0.371. The lowest BCUT2D eigenvalue weighted by Crippen LogP contribution is -2.37. The van der Waals surface area contributed by atoms with Gasteiger partial charge in [-0.3, -0.25) is 9.69 Å². The van der Waals surface area contributed by atoms with E-state index < -0.39 is 12.0 Å². The molecule has 1 fully saturated rings. The second kappa shape index (κ2) is 5.14. The summed E-state index contributed by atoms with van der Waals surface area (Å²) < 4.78 is 0. The summed E-state index contributed by atoms with van der Waals surface area (Å²) in [5.74, 6) is -1.60. The Morgan fingerprint density at radius 1 is 1.39 bits per heavy atom. The van der Waals surface area contributed by atoms with Crippen LogP contribution in [0.4, 0.5) is 0 Å². The number of nitrogens with zero attached hydrogens (tertiary/aromatic N) is 1. The number of carbonyl (C=O) groups excluding carboxylic acids is 2. The van der Waals surface area contributed by atoms with Crippen molar-refractivity contribution in [1.29, 1.82) is 0 Å². The SMILES string of the molecule is O=C([O-])C[C@H]1NC(=S)N(Cc2ccccc2)C1=O. The molecular weight excluding hydrogens is 252 g/mol. The molecule has 1 heterocycles. The van der Waals surface area contributed by atoms with Gasteiger partial charge in [0.05, 0.1) is 6.54 Å². The summed E-state index contributed by atoms with van der Waals surface area (Å²) in [4.78, 5) is 23.8. The van der Waals surface area contributed by atoms with Crippen LogP contribution < -0.4 is 10.4 Å². The number of nitrogens with one attached hydrogen (secondary N) is 1. The van der Waals surface area contributed by atoms with Crippen molar-refractivity contribution in [1.82, 2.24) is 10.2 Å². The van der Waals surface area contributed by atoms with Gasteiger partial charge in [-0.05, 0) is 17.8 Å². The van der Waals surface area contributed by atoms with Crippen molar-refractivity contribution in [2.45, 2.75) is 19.0 Å². The molecule has 1 aliphatic rings. The molecule has 0 unspecified atom stereocenters. The molecule has 0 saturated carbocycles. The molecule has 0 spiro atoms. The van der Waals surface area contributed by atoms with Crippen LogP contribution in [0.25, 0.3) is 0 Å². The van der Waals surface area contributed by atoms with Crippen LogP contribution in [0, 0.1) is 0 Å². The average Bonchev–Trinajstić information content (AvgIpc) is 2.58. The monoisotopic (exact) mass is 263 g/mol. The Morgan fingerprint density at radius 2 is 2.06 bits per heavy atom. The van der Waals surface area contributed by atoms with Crippen LogP contribution in [0.3, 0.4) is 0 Å². The van der Waals surface area contributed by atoms with Crippen LogP contribution >= 0.6 is 12.2 Å². The minimum Gasteiger partial charge on any atom is -0.550 e. The summed E-state index contributed by atoms with van der Waals surface area (Å²) in [6, 6.07) is 8.55. The Labute approximate surface area is 109 Å². The van der Waals surface area contributed by atoms with E-state index in [1.54, 1.807) is 0 Å². The number of carboxylic acid groups (broad SMARTS) is 1. The van der Waals surface area contributed by atoms with Gasteiger partial charge < -0.3 is 15.2 Å². The molecule has 6 heteroatoms. The zero-order chi connectivity index (χ0) is 13.1. The van der Waals surface area contributed by atoms with Gasteiger partial charge in [0.25, 0.3) is 5.91 Å². The molecule has 0 aromatic heterocycles. The normalized spacial score (nSPS) is 18.9. The zero-order valence-corrected chi connectivity index (χ0v) is 10.3. The highest BCUT2D eigenvalue weighted by molar-refractivity contribution is 7.80. The van der Waals surface area contributed by atoms with E-state index in [0.717, 1.165) is 5.56 Å². The number of thiocarbonyl (C=S) groups is 1. The van der Waals surface area contributed by atoms with E-state index >= 15 is 0 Å². The molecule has 2 rings (SSSR count). The van der Waals surface area contributed by atoms with Gasteiger partial charge in [0.15, 0.2) is 5.11 Å². The molecule has 1 N–H and O–H groups in total. The molecule has 1 aromatic carbocycles. The van der Waals surface area contributed by atoms with Crippen LogP contribution in [0.2, 0.25) is 0 Å². The van der Waals surface area contributed by atoms with E-state index in [2.05, 4.69) is 5.32 Å². The fraction of sp³-hybridized carbons (Fsp3) is 0.250. The van der Waals surface area contributed by atoms with E-state index in [0.29, 0.717) is 6.54 Å². The number of amides is 1. The Bertz CT molecular complexity index is 489. The van der Waals surface area contributed by atoms with Crippen molar-refractivity contribution < 1.29 is 14.7 Å². The lowest BCUT2D eigenvalue weighted by molar-refractivity contribution is -0.306. The van der Waals surface area contributed by atoms with Crippen molar-refractivity contribution in [3.8, 4) is 0 Å². The van der Waals surface area contributed by atoms with Crippen molar-refractivity contribution in [3.63, 3.8) is 0 Å². The first-order valence-electron chi connectivity index (χ1n) is 5.43. The van der Waals surface area contributed by atoms with Crippen LogP contribution in [0.1, 0.15) is 12.0 Å². The van der Waals surface area contributed by atoms with Crippen LogP contribution in [0.5, 0.6) is 0 Å². The third kappa shape index (κ3) is 2.65. The van der Waals surface area contributed by atoms with Gasteiger partial charge in [0.2, 0.25) is 0 Å². The number of rotatable bonds is 4. The van der Waals surface area contributed by atoms with Gasteiger partial charge in [0.1, 0.15) is 6.04 Å². The molecule has 5 nitrogen and oxygen atoms in total. The van der Waals surface area contributed by atoms with Crippen LogP contribution in [0.15, 0.2) is 30.3 Å². The number of hydrogen-bond donors (Lipinski definition) is 1. The number of carboxylic acids is 1. The van der Waals surface area contributed by atoms with Gasteiger partial charge in [-0.25, -0.2) is 0 Å². The minimum atomic E-state index is -1.27. The van der Waals surface area contributed by atoms with E-state index in [-0.39, 0.29) is 17.4 Å². The third-order valence-corrected chi connectivity index (χ3v) is 3.00. The van der Waals surface area contributed by atoms with Crippen molar-refractivity contribution in [3.05, 3.63) is 35.9 Å². The minimum absolute atomic E-state index is 0.259. The molecule has 18 heavy (non-hydrogen) atoms. The maximum atomic E-state index is 11.9.